The van der Waals surface area contributed by atoms with E-state index in [1.165, 1.54) is 25.7 Å². The Kier molecular flexibility index (Phi) is 0.355. The van der Waals surface area contributed by atoms with Crippen LogP contribution in [0.3, 0.4) is 0 Å². The van der Waals surface area contributed by atoms with E-state index in [2.05, 4.69) is 0 Å². The van der Waals surface area contributed by atoms with E-state index in [4.69, 9.17) is 0 Å². The molecular formula is C8H8. The largest absolute Gasteiger partial charge is 0.0622 e. The summed E-state index contributed by atoms with van der Waals surface area (Å²) in [6.07, 6.45) is 5.55. The molecule has 0 saturated carbocycles. The molecule has 0 aliphatic heterocycles. The van der Waals surface area contributed by atoms with Crippen molar-refractivity contribution in [2.45, 2.75) is 25.7 Å². The lowest BCUT2D eigenvalue weighted by Gasteiger charge is -1.85. The molecule has 0 N–H and O–H groups in total. The Bertz CT molecular complexity index is 182. The first-order valence-electron chi connectivity index (χ1n) is 3.33. The van der Waals surface area contributed by atoms with E-state index in [0.717, 1.165) is 0 Å². The van der Waals surface area contributed by atoms with Crippen LogP contribution in [-0.4, -0.2) is 0 Å². The minimum absolute atomic E-state index is 1.38. The molecule has 0 nitrogen and oxygen atoms in total. The molecule has 0 radical (unpaired) electrons. The van der Waals surface area contributed by atoms with Gasteiger partial charge in [-0.25, -0.2) is 0 Å². The molecule has 0 aromatic rings. The molecule has 3 aliphatic carbocycles. The fraction of sp³-hybridized carbons (Fsp3) is 0.500. The fourth-order valence-corrected chi connectivity index (χ4v) is 1.69. The molecule has 0 spiro atoms. The van der Waals surface area contributed by atoms with Crippen LogP contribution in [0.4, 0.5) is 0 Å². The number of rotatable bonds is 0. The van der Waals surface area contributed by atoms with Crippen LogP contribution in [0.2, 0.25) is 0 Å². The average molecular weight is 104 g/mol. The van der Waals surface area contributed by atoms with Gasteiger partial charge in [-0.05, 0) is 25.7 Å². The van der Waals surface area contributed by atoms with E-state index in [9.17, 15) is 0 Å². The Labute approximate surface area is 48.9 Å². The zero-order chi connectivity index (χ0) is 5.14. The third kappa shape index (κ3) is 0.290. The first kappa shape index (κ1) is 3.49. The molecule has 0 amide bonds. The minimum atomic E-state index is 1.38. The van der Waals surface area contributed by atoms with E-state index in [1.807, 2.05) is 0 Å². The molecule has 0 heterocycles. The monoisotopic (exact) mass is 104 g/mol. The molecular weight excluding hydrogens is 96.1 g/mol. The third-order valence-corrected chi connectivity index (χ3v) is 2.46. The maximum atomic E-state index is 1.78. The van der Waals surface area contributed by atoms with E-state index in [-0.39, 0.29) is 0 Å². The van der Waals surface area contributed by atoms with Crippen LogP contribution in [0, 0.1) is 0 Å². The van der Waals surface area contributed by atoms with Crippen LogP contribution < -0.4 is 0 Å². The number of hydrogen-bond acceptors (Lipinski definition) is 0. The molecule has 3 aliphatic rings. The Morgan fingerprint density at radius 1 is 0.500 bits per heavy atom. The van der Waals surface area contributed by atoms with Crippen molar-refractivity contribution in [1.29, 1.82) is 0 Å². The Morgan fingerprint density at radius 2 is 0.750 bits per heavy atom. The smallest absolute Gasteiger partial charge is 0.00962 e. The number of allylic oxidation sites excluding steroid dienone is 4. The van der Waals surface area contributed by atoms with E-state index in [0.29, 0.717) is 0 Å². The molecule has 0 bridgehead atoms. The predicted octanol–water partition coefficient (Wildman–Crippen LogP) is 2.18. The van der Waals surface area contributed by atoms with Gasteiger partial charge in [0, 0.05) is 0 Å². The van der Waals surface area contributed by atoms with Gasteiger partial charge in [0.15, 0.2) is 0 Å². The second kappa shape index (κ2) is 0.812. The Morgan fingerprint density at radius 3 is 1.00 bits per heavy atom. The third-order valence-electron chi connectivity index (χ3n) is 2.46. The van der Waals surface area contributed by atoms with Gasteiger partial charge in [-0.1, -0.05) is 22.3 Å². The topological polar surface area (TPSA) is 0 Å². The highest BCUT2D eigenvalue weighted by Gasteiger charge is 2.35. The van der Waals surface area contributed by atoms with E-state index in [1.54, 1.807) is 22.3 Å². The lowest BCUT2D eigenvalue weighted by Crippen LogP contribution is -1.66. The van der Waals surface area contributed by atoms with Gasteiger partial charge >= 0.3 is 0 Å². The van der Waals surface area contributed by atoms with Gasteiger partial charge in [-0.2, -0.15) is 0 Å². The Hall–Kier alpha value is -0.520. The van der Waals surface area contributed by atoms with Crippen molar-refractivity contribution in [2.24, 2.45) is 0 Å². The summed E-state index contributed by atoms with van der Waals surface area (Å²) in [7, 11) is 0. The van der Waals surface area contributed by atoms with Gasteiger partial charge in [-0.3, -0.25) is 0 Å². The second-order valence-electron chi connectivity index (χ2n) is 3.12. The molecule has 3 rings (SSSR count). The highest BCUT2D eigenvalue weighted by Crippen LogP contribution is 2.54. The summed E-state index contributed by atoms with van der Waals surface area (Å²) in [5.74, 6) is 0. The SMILES string of the molecule is C1C2=C1CC1=C(C1)C2. The molecule has 0 aromatic heterocycles. The van der Waals surface area contributed by atoms with Crippen LogP contribution in [0.5, 0.6) is 0 Å². The molecule has 0 unspecified atom stereocenters. The van der Waals surface area contributed by atoms with E-state index >= 15 is 0 Å². The average Bonchev–Trinajstić information content (AvgIpc) is 2.45. The van der Waals surface area contributed by atoms with Crippen LogP contribution in [-0.2, 0) is 0 Å². The molecule has 0 aromatic carbocycles. The molecule has 0 saturated heterocycles. The lowest BCUT2D eigenvalue weighted by molar-refractivity contribution is 1.19. The normalized spacial score (nSPS) is 30.0. The summed E-state index contributed by atoms with van der Waals surface area (Å²) in [6.45, 7) is 0. The lowest BCUT2D eigenvalue weighted by atomic mass is 10.2. The van der Waals surface area contributed by atoms with E-state index < -0.39 is 0 Å². The highest BCUT2D eigenvalue weighted by molar-refractivity contribution is 5.54. The summed E-state index contributed by atoms with van der Waals surface area (Å²) < 4.78 is 0. The Balaban J connectivity index is 2.04. The van der Waals surface area contributed by atoms with Crippen LogP contribution in [0.1, 0.15) is 25.7 Å². The summed E-state index contributed by atoms with van der Waals surface area (Å²) in [6, 6.07) is 0. The minimum Gasteiger partial charge on any atom is -0.0622 e. The van der Waals surface area contributed by atoms with Crippen molar-refractivity contribution >= 4 is 0 Å². The zero-order valence-electron chi connectivity index (χ0n) is 4.83. The second-order valence-corrected chi connectivity index (χ2v) is 3.12. The van der Waals surface area contributed by atoms with Gasteiger partial charge < -0.3 is 0 Å². The van der Waals surface area contributed by atoms with Crippen LogP contribution in [0.15, 0.2) is 22.3 Å². The molecule has 0 heteroatoms. The molecule has 40 valence electrons. The van der Waals surface area contributed by atoms with Gasteiger partial charge in [0.25, 0.3) is 0 Å². The summed E-state index contributed by atoms with van der Waals surface area (Å²) >= 11 is 0. The molecule has 0 atom stereocenters. The first-order valence-corrected chi connectivity index (χ1v) is 3.33. The van der Waals surface area contributed by atoms with Crippen LogP contribution >= 0.6 is 0 Å². The standard InChI is InChI=1S/C8H8/c1-5-3-7-2-8(7)4-6(1)5/h1-4H2. The molecule has 0 fully saturated rings. The summed E-state index contributed by atoms with van der Waals surface area (Å²) in [4.78, 5) is 0. The summed E-state index contributed by atoms with van der Waals surface area (Å²) in [5.41, 5.74) is 7.12. The van der Waals surface area contributed by atoms with Crippen molar-refractivity contribution in [3.05, 3.63) is 22.3 Å². The van der Waals surface area contributed by atoms with Gasteiger partial charge in [0.05, 0.1) is 0 Å². The van der Waals surface area contributed by atoms with Gasteiger partial charge in [-0.15, -0.1) is 0 Å². The van der Waals surface area contributed by atoms with Gasteiger partial charge in [0.2, 0.25) is 0 Å². The summed E-state index contributed by atoms with van der Waals surface area (Å²) in [5, 5.41) is 0. The van der Waals surface area contributed by atoms with Crippen molar-refractivity contribution in [3.8, 4) is 0 Å². The molecule has 8 heavy (non-hydrogen) atoms. The van der Waals surface area contributed by atoms with Crippen molar-refractivity contribution in [3.63, 3.8) is 0 Å². The van der Waals surface area contributed by atoms with Crippen molar-refractivity contribution < 1.29 is 0 Å². The number of hydrogen-bond donors (Lipinski definition) is 0. The van der Waals surface area contributed by atoms with Crippen LogP contribution in [0.25, 0.3) is 0 Å². The maximum absolute atomic E-state index is 1.78. The first-order chi connectivity index (χ1) is 3.93. The highest BCUT2D eigenvalue weighted by atomic mass is 14.4. The van der Waals surface area contributed by atoms with Gasteiger partial charge in [0.1, 0.15) is 0 Å². The maximum Gasteiger partial charge on any atom is -0.00962 e. The fourth-order valence-electron chi connectivity index (χ4n) is 1.69. The predicted molar refractivity (Wildman–Crippen MR) is 32.5 cm³/mol. The van der Waals surface area contributed by atoms with Crippen molar-refractivity contribution in [2.75, 3.05) is 0 Å². The quantitative estimate of drug-likeness (QED) is 0.413. The van der Waals surface area contributed by atoms with Crippen molar-refractivity contribution in [1.82, 2.24) is 0 Å². The zero-order valence-corrected chi connectivity index (χ0v) is 4.83.